The maximum atomic E-state index is 3.72. The third-order valence-corrected chi connectivity index (χ3v) is 4.52. The van der Waals surface area contributed by atoms with Gasteiger partial charge in [0.1, 0.15) is 0 Å². The van der Waals surface area contributed by atoms with Crippen molar-refractivity contribution in [2.75, 3.05) is 5.32 Å². The molecule has 0 aromatic heterocycles. The molecular formula is C18H19N. The molecule has 0 amide bonds. The Morgan fingerprint density at radius 2 is 1.53 bits per heavy atom. The van der Waals surface area contributed by atoms with E-state index in [4.69, 9.17) is 0 Å². The second-order valence-corrected chi connectivity index (χ2v) is 5.86. The van der Waals surface area contributed by atoms with E-state index in [9.17, 15) is 0 Å². The van der Waals surface area contributed by atoms with Crippen LogP contribution >= 0.6 is 0 Å². The van der Waals surface area contributed by atoms with Gasteiger partial charge in [0.05, 0.1) is 0 Å². The van der Waals surface area contributed by atoms with E-state index in [2.05, 4.69) is 47.8 Å². The number of hydrogen-bond donors (Lipinski definition) is 1. The van der Waals surface area contributed by atoms with Gasteiger partial charge in [-0.2, -0.15) is 0 Å². The van der Waals surface area contributed by atoms with Gasteiger partial charge < -0.3 is 5.32 Å². The average molecular weight is 249 g/mol. The summed E-state index contributed by atoms with van der Waals surface area (Å²) in [6.45, 7) is 0. The van der Waals surface area contributed by atoms with E-state index in [0.29, 0.717) is 6.04 Å². The van der Waals surface area contributed by atoms with E-state index in [1.807, 2.05) is 0 Å². The van der Waals surface area contributed by atoms with Crippen molar-refractivity contribution < 1.29 is 0 Å². The van der Waals surface area contributed by atoms with Gasteiger partial charge in [0.15, 0.2) is 0 Å². The van der Waals surface area contributed by atoms with Crippen LogP contribution in [-0.2, 0) is 25.7 Å². The molecule has 0 radical (unpaired) electrons. The smallest absolute Gasteiger partial charge is 0.0345 e. The van der Waals surface area contributed by atoms with Gasteiger partial charge in [-0.1, -0.05) is 30.3 Å². The zero-order valence-electron chi connectivity index (χ0n) is 11.2. The first-order valence-corrected chi connectivity index (χ1v) is 7.33. The zero-order valence-corrected chi connectivity index (χ0v) is 11.2. The largest absolute Gasteiger partial charge is 0.382 e. The molecule has 1 nitrogen and oxygen atoms in total. The summed E-state index contributed by atoms with van der Waals surface area (Å²) in [5.74, 6) is 0. The van der Waals surface area contributed by atoms with Crippen molar-refractivity contribution >= 4 is 5.69 Å². The SMILES string of the molecule is c1ccc2c(c1)CC(Nc1ccc3c(c1)CCC3)C2. The van der Waals surface area contributed by atoms with Gasteiger partial charge in [-0.15, -0.1) is 0 Å². The minimum atomic E-state index is 0.567. The summed E-state index contributed by atoms with van der Waals surface area (Å²) in [4.78, 5) is 0. The van der Waals surface area contributed by atoms with Crippen LogP contribution in [0.5, 0.6) is 0 Å². The molecule has 1 N–H and O–H groups in total. The number of nitrogens with one attached hydrogen (secondary N) is 1. The second kappa shape index (κ2) is 4.41. The normalized spacial score (nSPS) is 17.3. The predicted molar refractivity (Wildman–Crippen MR) is 79.7 cm³/mol. The van der Waals surface area contributed by atoms with E-state index in [-0.39, 0.29) is 0 Å². The van der Waals surface area contributed by atoms with Crippen molar-refractivity contribution in [2.45, 2.75) is 38.1 Å². The third-order valence-electron chi connectivity index (χ3n) is 4.52. The summed E-state index contributed by atoms with van der Waals surface area (Å²) < 4.78 is 0. The molecule has 0 atom stereocenters. The van der Waals surface area contributed by atoms with Crippen LogP contribution in [0.4, 0.5) is 5.69 Å². The van der Waals surface area contributed by atoms with Gasteiger partial charge in [-0.05, 0) is 66.5 Å². The Hall–Kier alpha value is -1.76. The highest BCUT2D eigenvalue weighted by molar-refractivity contribution is 5.52. The summed E-state index contributed by atoms with van der Waals surface area (Å²) in [6, 6.07) is 16.3. The van der Waals surface area contributed by atoms with Crippen LogP contribution in [0, 0.1) is 0 Å². The zero-order chi connectivity index (χ0) is 12.7. The van der Waals surface area contributed by atoms with Gasteiger partial charge in [0.2, 0.25) is 0 Å². The molecule has 0 saturated carbocycles. The Morgan fingerprint density at radius 1 is 0.789 bits per heavy atom. The number of hydrogen-bond acceptors (Lipinski definition) is 1. The van der Waals surface area contributed by atoms with Crippen molar-refractivity contribution in [3.63, 3.8) is 0 Å². The fraction of sp³-hybridized carbons (Fsp3) is 0.333. The molecule has 2 aromatic carbocycles. The summed E-state index contributed by atoms with van der Waals surface area (Å²) in [7, 11) is 0. The minimum Gasteiger partial charge on any atom is -0.382 e. The molecule has 0 spiro atoms. The molecule has 0 saturated heterocycles. The molecule has 0 heterocycles. The highest BCUT2D eigenvalue weighted by Gasteiger charge is 2.21. The number of rotatable bonds is 2. The van der Waals surface area contributed by atoms with Crippen LogP contribution in [0.2, 0.25) is 0 Å². The molecule has 96 valence electrons. The molecular weight excluding hydrogens is 230 g/mol. The van der Waals surface area contributed by atoms with Crippen LogP contribution in [0.25, 0.3) is 0 Å². The first kappa shape index (κ1) is 11.1. The highest BCUT2D eigenvalue weighted by Crippen LogP contribution is 2.28. The lowest BCUT2D eigenvalue weighted by atomic mass is 10.1. The van der Waals surface area contributed by atoms with Crippen molar-refractivity contribution in [3.8, 4) is 0 Å². The van der Waals surface area contributed by atoms with Crippen LogP contribution in [-0.4, -0.2) is 6.04 Å². The summed E-state index contributed by atoms with van der Waals surface area (Å²) in [5.41, 5.74) is 7.45. The molecule has 0 aliphatic heterocycles. The monoisotopic (exact) mass is 249 g/mol. The lowest BCUT2D eigenvalue weighted by molar-refractivity contribution is 0.774. The Morgan fingerprint density at radius 3 is 2.32 bits per heavy atom. The number of aryl methyl sites for hydroxylation is 2. The van der Waals surface area contributed by atoms with Crippen LogP contribution < -0.4 is 5.32 Å². The van der Waals surface area contributed by atoms with Gasteiger partial charge in [0, 0.05) is 11.7 Å². The van der Waals surface area contributed by atoms with E-state index in [1.54, 1.807) is 11.1 Å². The first-order valence-electron chi connectivity index (χ1n) is 7.33. The predicted octanol–water partition coefficient (Wildman–Crippen LogP) is 3.75. The van der Waals surface area contributed by atoms with Crippen molar-refractivity contribution in [1.82, 2.24) is 0 Å². The Labute approximate surface area is 114 Å². The fourth-order valence-electron chi connectivity index (χ4n) is 3.56. The number of anilines is 1. The molecule has 19 heavy (non-hydrogen) atoms. The molecule has 1 heteroatoms. The first-order chi connectivity index (χ1) is 9.38. The topological polar surface area (TPSA) is 12.0 Å². The Kier molecular flexibility index (Phi) is 2.58. The summed E-state index contributed by atoms with van der Waals surface area (Å²) >= 11 is 0. The van der Waals surface area contributed by atoms with E-state index >= 15 is 0 Å². The number of fused-ring (bicyclic) bond motifs is 2. The minimum absolute atomic E-state index is 0.567. The lowest BCUT2D eigenvalue weighted by Crippen LogP contribution is -2.19. The molecule has 2 aliphatic rings. The van der Waals surface area contributed by atoms with Crippen molar-refractivity contribution in [3.05, 3.63) is 64.7 Å². The third kappa shape index (κ3) is 2.03. The highest BCUT2D eigenvalue weighted by atomic mass is 14.9. The van der Waals surface area contributed by atoms with Gasteiger partial charge in [0.25, 0.3) is 0 Å². The maximum absolute atomic E-state index is 3.72. The van der Waals surface area contributed by atoms with Gasteiger partial charge >= 0.3 is 0 Å². The quantitative estimate of drug-likeness (QED) is 0.854. The molecule has 2 aliphatic carbocycles. The van der Waals surface area contributed by atoms with E-state index in [0.717, 1.165) is 12.8 Å². The molecule has 0 unspecified atom stereocenters. The maximum Gasteiger partial charge on any atom is 0.0345 e. The van der Waals surface area contributed by atoms with Crippen molar-refractivity contribution in [1.29, 1.82) is 0 Å². The Bertz CT molecular complexity index is 590. The molecule has 0 bridgehead atoms. The molecule has 2 aromatic rings. The standard InChI is InChI=1S/C18H19N/c1-2-5-16-12-18(11-15(16)4-1)19-17-9-8-13-6-3-7-14(13)10-17/h1-2,4-5,8-10,18-19H,3,6-7,11-12H2. The van der Waals surface area contributed by atoms with Crippen LogP contribution in [0.3, 0.4) is 0 Å². The van der Waals surface area contributed by atoms with Gasteiger partial charge in [-0.25, -0.2) is 0 Å². The lowest BCUT2D eigenvalue weighted by Gasteiger charge is -2.14. The number of benzene rings is 2. The van der Waals surface area contributed by atoms with Crippen molar-refractivity contribution in [2.24, 2.45) is 0 Å². The molecule has 0 fully saturated rings. The average Bonchev–Trinajstić information content (AvgIpc) is 3.03. The fourth-order valence-corrected chi connectivity index (χ4v) is 3.56. The summed E-state index contributed by atoms with van der Waals surface area (Å²) in [5, 5.41) is 3.72. The van der Waals surface area contributed by atoms with E-state index < -0.39 is 0 Å². The van der Waals surface area contributed by atoms with Gasteiger partial charge in [-0.3, -0.25) is 0 Å². The second-order valence-electron chi connectivity index (χ2n) is 5.86. The van der Waals surface area contributed by atoms with Crippen LogP contribution in [0.1, 0.15) is 28.7 Å². The van der Waals surface area contributed by atoms with E-state index in [1.165, 1.54) is 36.1 Å². The molecule has 4 rings (SSSR count). The van der Waals surface area contributed by atoms with Crippen LogP contribution in [0.15, 0.2) is 42.5 Å². The summed E-state index contributed by atoms with van der Waals surface area (Å²) in [6.07, 6.45) is 6.18. The Balaban J connectivity index is 1.51.